The van der Waals surface area contributed by atoms with E-state index < -0.39 is 5.41 Å². The van der Waals surface area contributed by atoms with Crippen LogP contribution in [0.4, 0.5) is 0 Å². The molecule has 2 aliphatic rings. The molecule has 0 bridgehead atoms. The first kappa shape index (κ1) is 20.2. The molecule has 2 nitrogen and oxygen atoms in total. The maximum Gasteiger partial charge on any atom is 0.311 e. The third-order valence-electron chi connectivity index (χ3n) is 4.92. The van der Waals surface area contributed by atoms with E-state index in [4.69, 9.17) is 4.74 Å². The molecule has 26 heavy (non-hydrogen) atoms. The molecule has 0 aromatic carbocycles. The number of carbonyl (C=O) groups excluding carboxylic acids is 1. The summed E-state index contributed by atoms with van der Waals surface area (Å²) in [4.78, 5) is 11.9. The largest absolute Gasteiger partial charge is 0.466 e. The van der Waals surface area contributed by atoms with Gasteiger partial charge in [-0.05, 0) is 47.0 Å². The van der Waals surface area contributed by atoms with Crippen molar-refractivity contribution in [3.63, 3.8) is 0 Å². The highest BCUT2D eigenvalue weighted by Crippen LogP contribution is 2.38. The molecule has 0 saturated heterocycles. The van der Waals surface area contributed by atoms with E-state index in [1.54, 1.807) is 0 Å². The number of rotatable bonds is 7. The Hall–Kier alpha value is -2.09. The zero-order valence-electron chi connectivity index (χ0n) is 16.6. The number of hydrogen-bond acceptors (Lipinski definition) is 2. The van der Waals surface area contributed by atoms with Gasteiger partial charge in [-0.1, -0.05) is 72.9 Å². The van der Waals surface area contributed by atoms with Crippen molar-refractivity contribution >= 4 is 5.97 Å². The van der Waals surface area contributed by atoms with E-state index in [0.29, 0.717) is 13.0 Å². The van der Waals surface area contributed by atoms with Gasteiger partial charge in [0.15, 0.2) is 0 Å². The minimum Gasteiger partial charge on any atom is -0.466 e. The van der Waals surface area contributed by atoms with Crippen molar-refractivity contribution in [2.75, 3.05) is 6.61 Å². The predicted octanol–water partition coefficient (Wildman–Crippen LogP) is 6.10. The Kier molecular flexibility index (Phi) is 6.63. The second-order valence-electron chi connectivity index (χ2n) is 7.99. The van der Waals surface area contributed by atoms with E-state index in [1.165, 1.54) is 0 Å². The van der Waals surface area contributed by atoms with E-state index in [9.17, 15) is 4.79 Å². The molecule has 0 radical (unpaired) electrons. The zero-order chi connectivity index (χ0) is 19.1. The van der Waals surface area contributed by atoms with Crippen LogP contribution < -0.4 is 0 Å². The van der Waals surface area contributed by atoms with Gasteiger partial charge in [0.05, 0.1) is 12.0 Å². The lowest BCUT2D eigenvalue weighted by atomic mass is 9.74. The average molecular weight is 353 g/mol. The summed E-state index contributed by atoms with van der Waals surface area (Å²) >= 11 is 0. The number of esters is 1. The van der Waals surface area contributed by atoms with Gasteiger partial charge in [0.25, 0.3) is 0 Å². The van der Waals surface area contributed by atoms with Gasteiger partial charge in [0.2, 0.25) is 0 Å². The monoisotopic (exact) mass is 352 g/mol. The van der Waals surface area contributed by atoms with Gasteiger partial charge < -0.3 is 4.74 Å². The van der Waals surface area contributed by atoms with Crippen LogP contribution in [0.15, 0.2) is 72.9 Å². The fourth-order valence-corrected chi connectivity index (χ4v) is 3.06. The molecule has 2 rings (SSSR count). The van der Waals surface area contributed by atoms with Gasteiger partial charge in [-0.2, -0.15) is 0 Å². The summed E-state index contributed by atoms with van der Waals surface area (Å²) in [7, 11) is 0. The molecule has 0 N–H and O–H groups in total. The van der Waals surface area contributed by atoms with Crippen LogP contribution in [0, 0.1) is 16.2 Å². The van der Waals surface area contributed by atoms with Crippen molar-refractivity contribution in [3.05, 3.63) is 72.9 Å². The molecule has 2 aliphatic carbocycles. The average Bonchev–Trinajstić information content (AvgIpc) is 2.62. The van der Waals surface area contributed by atoms with Crippen molar-refractivity contribution < 1.29 is 9.53 Å². The third kappa shape index (κ3) is 5.45. The van der Waals surface area contributed by atoms with Gasteiger partial charge in [0, 0.05) is 10.8 Å². The van der Waals surface area contributed by atoms with Crippen LogP contribution in [0.1, 0.15) is 47.0 Å². The Morgan fingerprint density at radius 3 is 2.31 bits per heavy atom. The van der Waals surface area contributed by atoms with Crippen LogP contribution in [0.2, 0.25) is 0 Å². The lowest BCUT2D eigenvalue weighted by molar-refractivity contribution is -0.153. The summed E-state index contributed by atoms with van der Waals surface area (Å²) < 4.78 is 5.11. The van der Waals surface area contributed by atoms with Crippen LogP contribution in [-0.2, 0) is 9.53 Å². The number of hydrogen-bond donors (Lipinski definition) is 0. The summed E-state index contributed by atoms with van der Waals surface area (Å²) in [5, 5.41) is 0. The van der Waals surface area contributed by atoms with Gasteiger partial charge in [-0.25, -0.2) is 0 Å². The minimum atomic E-state index is -0.466. The van der Waals surface area contributed by atoms with Crippen molar-refractivity contribution in [1.82, 2.24) is 0 Å². The molecule has 0 heterocycles. The van der Waals surface area contributed by atoms with Crippen molar-refractivity contribution in [3.8, 4) is 0 Å². The minimum absolute atomic E-state index is 0.0236. The van der Waals surface area contributed by atoms with Crippen molar-refractivity contribution in [2.45, 2.75) is 47.0 Å². The van der Waals surface area contributed by atoms with E-state index in [-0.39, 0.29) is 16.8 Å². The fraction of sp³-hybridized carbons (Fsp3) is 0.458. The van der Waals surface area contributed by atoms with E-state index >= 15 is 0 Å². The zero-order valence-corrected chi connectivity index (χ0v) is 16.6. The first-order valence-corrected chi connectivity index (χ1v) is 9.57. The maximum atomic E-state index is 11.9. The maximum absolute atomic E-state index is 11.9. The molecule has 0 aromatic heterocycles. The fourth-order valence-electron chi connectivity index (χ4n) is 3.06. The second-order valence-corrected chi connectivity index (χ2v) is 7.99. The highest BCUT2D eigenvalue weighted by molar-refractivity contribution is 5.76. The summed E-state index contributed by atoms with van der Waals surface area (Å²) in [6.07, 6.45) is 29.3. The van der Waals surface area contributed by atoms with Crippen molar-refractivity contribution in [2.24, 2.45) is 16.2 Å². The normalized spacial score (nSPS) is 20.5. The summed E-state index contributed by atoms with van der Waals surface area (Å²) in [6.45, 7) is 8.34. The van der Waals surface area contributed by atoms with Crippen LogP contribution in [-0.4, -0.2) is 12.6 Å². The Labute approximate surface area is 158 Å². The Balaban J connectivity index is 1.83. The van der Waals surface area contributed by atoms with Gasteiger partial charge >= 0.3 is 5.97 Å². The van der Waals surface area contributed by atoms with Crippen LogP contribution >= 0.6 is 0 Å². The molecule has 0 aliphatic heterocycles. The molecule has 0 atom stereocenters. The quantitative estimate of drug-likeness (QED) is 0.408. The molecule has 0 saturated carbocycles. The first-order chi connectivity index (χ1) is 12.3. The summed E-state index contributed by atoms with van der Waals surface area (Å²) in [5.74, 6) is -0.134. The lowest BCUT2D eigenvalue weighted by Crippen LogP contribution is -2.25. The molecular formula is C24H32O2. The molecule has 0 unspecified atom stereocenters. The smallest absolute Gasteiger partial charge is 0.311 e. The second kappa shape index (κ2) is 8.53. The topological polar surface area (TPSA) is 26.3 Å². The third-order valence-corrected chi connectivity index (χ3v) is 4.92. The molecule has 0 aromatic rings. The van der Waals surface area contributed by atoms with E-state index in [1.807, 2.05) is 20.8 Å². The van der Waals surface area contributed by atoms with Gasteiger partial charge in [-0.3, -0.25) is 4.79 Å². The van der Waals surface area contributed by atoms with Crippen LogP contribution in [0.3, 0.4) is 0 Å². The molecule has 140 valence electrons. The number of ether oxygens (including phenoxy) is 1. The molecule has 1 spiro atoms. The molecule has 0 fully saturated rings. The summed E-state index contributed by atoms with van der Waals surface area (Å²) in [5.41, 5.74) is -0.529. The highest BCUT2D eigenvalue weighted by atomic mass is 16.5. The number of allylic oxidation sites excluding steroid dienone is 12. The lowest BCUT2D eigenvalue weighted by Gasteiger charge is -2.30. The standard InChI is InChI=1S/C24H32O2/c1-5-26-21(25)22(2,3)13-9-6-7-10-14-23(4)17-19-24(20-18-23)15-11-8-12-16-24/h6,9-12,14-20H,5,7-8,13H2,1-4H3/b9-6-,14-10-. The Morgan fingerprint density at radius 2 is 1.69 bits per heavy atom. The molecule has 2 heteroatoms. The number of carbonyl (C=O) groups is 1. The molecule has 0 amide bonds. The SMILES string of the molecule is CCOC(=O)C(C)(C)C/C=C\C/C=C\C1(C)C=CC2(C=CCC=C2)C=C1. The first-order valence-electron chi connectivity index (χ1n) is 9.57. The Morgan fingerprint density at radius 1 is 1.04 bits per heavy atom. The van der Waals surface area contributed by atoms with E-state index in [0.717, 1.165) is 12.8 Å². The highest BCUT2D eigenvalue weighted by Gasteiger charge is 2.27. The van der Waals surface area contributed by atoms with E-state index in [2.05, 4.69) is 79.8 Å². The van der Waals surface area contributed by atoms with Gasteiger partial charge in [0.1, 0.15) is 0 Å². The van der Waals surface area contributed by atoms with Gasteiger partial charge in [-0.15, -0.1) is 0 Å². The Bertz CT molecular complexity index is 640. The van der Waals surface area contributed by atoms with Crippen molar-refractivity contribution in [1.29, 1.82) is 0 Å². The predicted molar refractivity (Wildman–Crippen MR) is 110 cm³/mol. The van der Waals surface area contributed by atoms with Crippen LogP contribution in [0.25, 0.3) is 0 Å². The van der Waals surface area contributed by atoms with Crippen LogP contribution in [0.5, 0.6) is 0 Å². The molecular weight excluding hydrogens is 320 g/mol. The summed E-state index contributed by atoms with van der Waals surface area (Å²) in [6, 6.07) is 0.